The highest BCUT2D eigenvalue weighted by Crippen LogP contribution is 2.37. The van der Waals surface area contributed by atoms with Crippen molar-refractivity contribution in [3.05, 3.63) is 84.0 Å². The van der Waals surface area contributed by atoms with Crippen LogP contribution in [0.25, 0.3) is 0 Å². The molecule has 1 aliphatic heterocycles. The second kappa shape index (κ2) is 12.6. The van der Waals surface area contributed by atoms with Gasteiger partial charge in [-0.25, -0.2) is 24.1 Å². The van der Waals surface area contributed by atoms with Gasteiger partial charge in [0.05, 0.1) is 22.4 Å². The molecule has 0 aromatic carbocycles. The van der Waals surface area contributed by atoms with E-state index >= 15 is 4.39 Å². The third kappa shape index (κ3) is 6.63. The minimum atomic E-state index is -0.697. The first-order chi connectivity index (χ1) is 19.9. The number of likely N-dealkylation sites (tertiary alicyclic amines) is 1. The quantitative estimate of drug-likeness (QED) is 0.284. The molecule has 0 saturated carbocycles. The molecule has 2 N–H and O–H groups in total. The Kier molecular flexibility index (Phi) is 8.74. The van der Waals surface area contributed by atoms with Crippen molar-refractivity contribution in [3.63, 3.8) is 0 Å². The number of rotatable bonds is 8. The van der Waals surface area contributed by atoms with Gasteiger partial charge in [-0.3, -0.25) is 9.78 Å². The number of methoxy groups -OCH3 is 1. The molecule has 1 aliphatic rings. The molecule has 2 amide bonds. The lowest BCUT2D eigenvalue weighted by molar-refractivity contribution is 0.0871. The van der Waals surface area contributed by atoms with E-state index in [2.05, 4.69) is 30.6 Å². The number of nitrogens with zero attached hydrogens (tertiary/aromatic N) is 5. The van der Waals surface area contributed by atoms with Crippen LogP contribution in [0.4, 0.5) is 20.1 Å². The van der Waals surface area contributed by atoms with Crippen molar-refractivity contribution >= 4 is 46.0 Å². The molecular formula is C28H28FN7O3S2. The standard InChI is InChI=1S/C28H28FN7O3S2/c1-18-3-11-31-21(15-18)35-26-33-16-22(41-26)40-20-6-12-32-24(23(20)29)25(37)34-17-28(19-4-9-30-10-5-19)7-13-36(14-8-28)27(38)39-2/h3-6,9-12,15-16H,7-8,13-14,17H2,1-2H3,(H,34,37)(H,31,33,35). The Morgan fingerprint density at radius 3 is 2.59 bits per heavy atom. The molecule has 0 spiro atoms. The van der Waals surface area contributed by atoms with Crippen LogP contribution in [0.15, 0.2) is 70.4 Å². The second-order valence-corrected chi connectivity index (χ2v) is 11.9. The van der Waals surface area contributed by atoms with Crippen molar-refractivity contribution in [1.29, 1.82) is 0 Å². The number of aryl methyl sites for hydroxylation is 1. The Morgan fingerprint density at radius 1 is 1.10 bits per heavy atom. The van der Waals surface area contributed by atoms with Crippen LogP contribution < -0.4 is 10.6 Å². The van der Waals surface area contributed by atoms with Crippen molar-refractivity contribution in [3.8, 4) is 0 Å². The number of thiazole rings is 1. The van der Waals surface area contributed by atoms with Gasteiger partial charge in [0.25, 0.3) is 5.91 Å². The summed E-state index contributed by atoms with van der Waals surface area (Å²) in [5.41, 5.74) is 1.32. The number of aromatic nitrogens is 4. The lowest BCUT2D eigenvalue weighted by atomic mass is 9.73. The SMILES string of the molecule is COC(=O)N1CCC(CNC(=O)c2nccc(Sc3cnc(Nc4cc(C)ccn4)s3)c2F)(c2ccncc2)CC1. The van der Waals surface area contributed by atoms with Gasteiger partial charge in [0.15, 0.2) is 16.6 Å². The first-order valence-electron chi connectivity index (χ1n) is 12.9. The van der Waals surface area contributed by atoms with Crippen molar-refractivity contribution < 1.29 is 18.7 Å². The fourth-order valence-electron chi connectivity index (χ4n) is 4.70. The maximum Gasteiger partial charge on any atom is 0.409 e. The van der Waals surface area contributed by atoms with Crippen LogP contribution in [0.2, 0.25) is 0 Å². The van der Waals surface area contributed by atoms with Gasteiger partial charge in [-0.1, -0.05) is 23.1 Å². The number of anilines is 2. The molecule has 1 fully saturated rings. The molecule has 5 heterocycles. The van der Waals surface area contributed by atoms with E-state index in [4.69, 9.17) is 4.74 Å². The summed E-state index contributed by atoms with van der Waals surface area (Å²) in [6, 6.07) is 9.16. The molecule has 13 heteroatoms. The molecule has 5 rings (SSSR count). The van der Waals surface area contributed by atoms with E-state index in [1.165, 1.54) is 42.5 Å². The molecule has 10 nitrogen and oxygen atoms in total. The highest BCUT2D eigenvalue weighted by Gasteiger charge is 2.38. The van der Waals surface area contributed by atoms with E-state index in [1.54, 1.807) is 29.7 Å². The Morgan fingerprint density at radius 2 is 1.85 bits per heavy atom. The molecule has 4 aromatic rings. The van der Waals surface area contributed by atoms with Crippen LogP contribution in [0.3, 0.4) is 0 Å². The summed E-state index contributed by atoms with van der Waals surface area (Å²) in [5.74, 6) is -0.631. The Balaban J connectivity index is 1.27. The fourth-order valence-corrected chi connectivity index (χ4v) is 6.57. The number of halogens is 1. The first-order valence-corrected chi connectivity index (χ1v) is 14.5. The summed E-state index contributed by atoms with van der Waals surface area (Å²) in [5, 5.41) is 6.68. The fraction of sp³-hybridized carbons (Fsp3) is 0.286. The van der Waals surface area contributed by atoms with E-state index < -0.39 is 17.1 Å². The van der Waals surface area contributed by atoms with Crippen LogP contribution in [-0.2, 0) is 10.2 Å². The van der Waals surface area contributed by atoms with Crippen LogP contribution >= 0.6 is 23.1 Å². The average Bonchev–Trinajstić information content (AvgIpc) is 3.43. The zero-order valence-electron chi connectivity index (χ0n) is 22.5. The molecule has 0 radical (unpaired) electrons. The minimum Gasteiger partial charge on any atom is -0.453 e. The number of piperidine rings is 1. The summed E-state index contributed by atoms with van der Waals surface area (Å²) in [6.45, 7) is 3.16. The van der Waals surface area contributed by atoms with Gasteiger partial charge in [-0.05, 0) is 61.2 Å². The Hall–Kier alpha value is -4.10. The molecule has 1 saturated heterocycles. The van der Waals surface area contributed by atoms with Gasteiger partial charge in [0, 0.05) is 49.8 Å². The van der Waals surface area contributed by atoms with Gasteiger partial charge >= 0.3 is 6.09 Å². The monoisotopic (exact) mass is 593 g/mol. The number of carbonyl (C=O) groups excluding carboxylic acids is 2. The minimum absolute atomic E-state index is 0.250. The topological polar surface area (TPSA) is 122 Å². The molecule has 212 valence electrons. The molecule has 0 aliphatic carbocycles. The zero-order chi connectivity index (χ0) is 28.8. The lowest BCUT2D eigenvalue weighted by Crippen LogP contribution is -2.50. The molecule has 0 atom stereocenters. The number of hydrogen-bond acceptors (Lipinski definition) is 10. The summed E-state index contributed by atoms with van der Waals surface area (Å²) < 4.78 is 21.1. The average molecular weight is 594 g/mol. The maximum atomic E-state index is 15.5. The second-order valence-electron chi connectivity index (χ2n) is 9.56. The Labute approximate surface area is 244 Å². The Bertz CT molecular complexity index is 1530. The molecule has 4 aromatic heterocycles. The van der Waals surface area contributed by atoms with Gasteiger partial charge in [0.2, 0.25) is 0 Å². The first kappa shape index (κ1) is 28.4. The van der Waals surface area contributed by atoms with Crippen molar-refractivity contribution in [2.24, 2.45) is 0 Å². The van der Waals surface area contributed by atoms with E-state index in [1.807, 2.05) is 31.2 Å². The van der Waals surface area contributed by atoms with E-state index in [9.17, 15) is 9.59 Å². The van der Waals surface area contributed by atoms with Gasteiger partial charge in [-0.2, -0.15) is 0 Å². The summed E-state index contributed by atoms with van der Waals surface area (Å²) in [6.07, 6.45) is 8.99. The normalized spacial score (nSPS) is 14.4. The van der Waals surface area contributed by atoms with Gasteiger partial charge in [-0.15, -0.1) is 0 Å². The van der Waals surface area contributed by atoms with Crippen molar-refractivity contribution in [2.45, 2.75) is 34.3 Å². The highest BCUT2D eigenvalue weighted by molar-refractivity contribution is 8.01. The molecule has 41 heavy (non-hydrogen) atoms. The third-order valence-electron chi connectivity index (χ3n) is 6.95. The molecule has 0 bridgehead atoms. The summed E-state index contributed by atoms with van der Waals surface area (Å²) in [4.78, 5) is 43.9. The van der Waals surface area contributed by atoms with Crippen LogP contribution in [0.1, 0.15) is 34.5 Å². The molecular weight excluding hydrogens is 565 g/mol. The largest absolute Gasteiger partial charge is 0.453 e. The number of nitrogens with one attached hydrogen (secondary N) is 2. The van der Waals surface area contributed by atoms with Crippen molar-refractivity contribution in [2.75, 3.05) is 32.1 Å². The lowest BCUT2D eigenvalue weighted by Gasteiger charge is -2.41. The third-order valence-corrected chi connectivity index (χ3v) is 9.00. The van der Waals surface area contributed by atoms with E-state index in [0.29, 0.717) is 36.9 Å². The number of hydrogen-bond donors (Lipinski definition) is 2. The number of carbonyl (C=O) groups is 2. The van der Waals surface area contributed by atoms with Crippen molar-refractivity contribution in [1.82, 2.24) is 30.2 Å². The van der Waals surface area contributed by atoms with E-state index in [0.717, 1.165) is 15.3 Å². The number of ether oxygens (including phenoxy) is 1. The number of pyridine rings is 3. The smallest absolute Gasteiger partial charge is 0.409 e. The molecule has 0 unspecified atom stereocenters. The predicted octanol–water partition coefficient (Wildman–Crippen LogP) is 5.20. The van der Waals surface area contributed by atoms with Crippen LogP contribution in [0, 0.1) is 12.7 Å². The van der Waals surface area contributed by atoms with E-state index in [-0.39, 0.29) is 23.2 Å². The van der Waals surface area contributed by atoms with Crippen LogP contribution in [-0.4, -0.2) is 63.6 Å². The van der Waals surface area contributed by atoms with Gasteiger partial charge < -0.3 is 20.3 Å². The zero-order valence-corrected chi connectivity index (χ0v) is 24.1. The number of amides is 2. The summed E-state index contributed by atoms with van der Waals surface area (Å²) >= 11 is 2.52. The summed E-state index contributed by atoms with van der Waals surface area (Å²) in [7, 11) is 1.36. The highest BCUT2D eigenvalue weighted by atomic mass is 32.2. The maximum absolute atomic E-state index is 15.5. The predicted molar refractivity (Wildman–Crippen MR) is 154 cm³/mol. The van der Waals surface area contributed by atoms with Crippen LogP contribution in [0.5, 0.6) is 0 Å². The van der Waals surface area contributed by atoms with Gasteiger partial charge in [0.1, 0.15) is 5.82 Å².